The number of oxazole rings is 1. The number of hydrogen-bond donors (Lipinski definition) is 0. The van der Waals surface area contributed by atoms with Crippen molar-refractivity contribution >= 4 is 12.2 Å². The molecule has 2 aromatic carbocycles. The summed E-state index contributed by atoms with van der Waals surface area (Å²) in [6, 6.07) is 13.0. The summed E-state index contributed by atoms with van der Waals surface area (Å²) in [7, 11) is 0. The fourth-order valence-electron chi connectivity index (χ4n) is 2.86. The smallest absolute Gasteiger partial charge is 0.218 e. The third kappa shape index (κ3) is 6.50. The Balaban J connectivity index is 1.48. The third-order valence-corrected chi connectivity index (χ3v) is 4.48. The maximum atomic E-state index is 13.9. The normalized spacial score (nSPS) is 10.9. The molecule has 1 heterocycles. The van der Waals surface area contributed by atoms with E-state index in [1.807, 2.05) is 37.3 Å². The summed E-state index contributed by atoms with van der Waals surface area (Å²) < 4.78 is 25.0. The number of aromatic nitrogens is 1. The molecule has 1 aromatic heterocycles. The van der Waals surface area contributed by atoms with Crippen molar-refractivity contribution in [1.29, 1.82) is 0 Å². The number of hydrogen-bond acceptors (Lipinski definition) is 4. The second-order valence-electron chi connectivity index (χ2n) is 6.88. The Morgan fingerprint density at radius 3 is 2.77 bits per heavy atom. The lowest BCUT2D eigenvalue weighted by Gasteiger charge is -2.05. The van der Waals surface area contributed by atoms with Gasteiger partial charge in [-0.25, -0.2) is 9.37 Å². The first-order valence-electron chi connectivity index (χ1n) is 9.75. The van der Waals surface area contributed by atoms with Gasteiger partial charge in [-0.1, -0.05) is 29.4 Å². The quantitative estimate of drug-likeness (QED) is 0.167. The molecule has 0 aliphatic rings. The number of benzene rings is 2. The number of halogens is 1. The van der Waals surface area contributed by atoms with Crippen molar-refractivity contribution in [2.75, 3.05) is 6.54 Å². The van der Waals surface area contributed by atoms with E-state index in [0.29, 0.717) is 23.7 Å². The van der Waals surface area contributed by atoms with Crippen LogP contribution in [0.3, 0.4) is 0 Å². The summed E-state index contributed by atoms with van der Waals surface area (Å²) in [4.78, 5) is 7.08. The van der Waals surface area contributed by atoms with Gasteiger partial charge >= 0.3 is 0 Å². The topological polar surface area (TPSA) is 84.0 Å². The second-order valence-corrected chi connectivity index (χ2v) is 6.88. The van der Waals surface area contributed by atoms with E-state index in [2.05, 4.69) is 15.0 Å². The molecule has 0 radical (unpaired) electrons. The van der Waals surface area contributed by atoms with Gasteiger partial charge in [0.2, 0.25) is 5.89 Å². The van der Waals surface area contributed by atoms with E-state index in [0.717, 1.165) is 30.6 Å². The highest BCUT2D eigenvalue weighted by atomic mass is 19.1. The van der Waals surface area contributed by atoms with Crippen molar-refractivity contribution in [3.05, 3.63) is 93.3 Å². The van der Waals surface area contributed by atoms with E-state index in [1.165, 1.54) is 17.9 Å². The van der Waals surface area contributed by atoms with Crippen LogP contribution in [0.1, 0.15) is 41.1 Å². The van der Waals surface area contributed by atoms with Crippen molar-refractivity contribution in [2.24, 2.45) is 5.11 Å². The number of aryl methyl sites for hydroxylation is 2. The minimum absolute atomic E-state index is 0.277. The lowest BCUT2D eigenvalue weighted by atomic mass is 10.1. The Bertz CT molecular complexity index is 1040. The summed E-state index contributed by atoms with van der Waals surface area (Å²) >= 11 is 0. The third-order valence-electron chi connectivity index (χ3n) is 4.48. The maximum absolute atomic E-state index is 13.9. The molecule has 0 aliphatic heterocycles. The van der Waals surface area contributed by atoms with Crippen molar-refractivity contribution in [1.82, 2.24) is 4.98 Å². The Morgan fingerprint density at radius 1 is 1.17 bits per heavy atom. The zero-order valence-corrected chi connectivity index (χ0v) is 16.8. The molecule has 0 atom stereocenters. The lowest BCUT2D eigenvalue weighted by molar-refractivity contribution is 0.301. The van der Waals surface area contributed by atoms with E-state index in [9.17, 15) is 4.39 Å². The Labute approximate surface area is 174 Å². The van der Waals surface area contributed by atoms with E-state index in [4.69, 9.17) is 14.7 Å². The molecule has 0 saturated carbocycles. The van der Waals surface area contributed by atoms with Crippen molar-refractivity contribution in [3.63, 3.8) is 0 Å². The predicted octanol–water partition coefficient (Wildman–Crippen LogP) is 6.50. The average Bonchev–Trinajstić information content (AvgIpc) is 3.20. The maximum Gasteiger partial charge on any atom is 0.218 e. The first kappa shape index (κ1) is 21.1. The Hall–Kier alpha value is -3.57. The van der Waals surface area contributed by atoms with Gasteiger partial charge in [-0.15, -0.1) is 0 Å². The average molecular weight is 406 g/mol. The van der Waals surface area contributed by atoms with Crippen LogP contribution < -0.4 is 4.74 Å². The van der Waals surface area contributed by atoms with Gasteiger partial charge in [-0.3, -0.25) is 0 Å². The number of nitrogens with zero attached hydrogens (tertiary/aromatic N) is 4. The van der Waals surface area contributed by atoms with Crippen LogP contribution in [0.25, 0.3) is 22.6 Å². The van der Waals surface area contributed by atoms with Crippen LogP contribution in [-0.4, -0.2) is 11.5 Å². The molecule has 0 saturated heterocycles. The minimum Gasteiger partial charge on any atom is -0.487 e. The molecular weight excluding hydrogens is 383 g/mol. The van der Waals surface area contributed by atoms with Gasteiger partial charge in [0.05, 0.1) is 0 Å². The fourth-order valence-corrected chi connectivity index (χ4v) is 2.86. The van der Waals surface area contributed by atoms with Crippen LogP contribution in [0.2, 0.25) is 0 Å². The van der Waals surface area contributed by atoms with Crippen molar-refractivity contribution in [3.8, 4) is 5.75 Å². The van der Waals surface area contributed by atoms with Crippen LogP contribution in [0, 0.1) is 12.7 Å². The first-order valence-corrected chi connectivity index (χ1v) is 9.75. The van der Waals surface area contributed by atoms with Crippen LogP contribution in [0.5, 0.6) is 5.75 Å². The second kappa shape index (κ2) is 10.8. The van der Waals surface area contributed by atoms with E-state index >= 15 is 0 Å². The summed E-state index contributed by atoms with van der Waals surface area (Å²) in [5.74, 6) is 0.861. The zero-order valence-electron chi connectivity index (χ0n) is 16.8. The highest BCUT2D eigenvalue weighted by molar-refractivity contribution is 5.66. The molecule has 0 N–H and O–H groups in total. The van der Waals surface area contributed by atoms with Crippen LogP contribution in [-0.2, 0) is 13.0 Å². The highest BCUT2D eigenvalue weighted by Gasteiger charge is 2.04. The fraction of sp³-hybridized carbons (Fsp3) is 0.261. The van der Waals surface area contributed by atoms with E-state index < -0.39 is 0 Å². The van der Waals surface area contributed by atoms with Gasteiger partial charge in [0.25, 0.3) is 0 Å². The molecule has 154 valence electrons. The first-order chi connectivity index (χ1) is 14.6. The molecule has 0 unspecified atom stereocenters. The Morgan fingerprint density at radius 2 is 2.00 bits per heavy atom. The van der Waals surface area contributed by atoms with Crippen molar-refractivity contribution < 1.29 is 13.5 Å². The molecule has 3 aromatic rings. The van der Waals surface area contributed by atoms with Gasteiger partial charge in [0.15, 0.2) is 0 Å². The molecule has 6 nitrogen and oxygen atoms in total. The zero-order chi connectivity index (χ0) is 21.2. The van der Waals surface area contributed by atoms with Crippen molar-refractivity contribution in [2.45, 2.75) is 32.8 Å². The highest BCUT2D eigenvalue weighted by Crippen LogP contribution is 2.17. The molecule has 7 heteroatoms. The summed E-state index contributed by atoms with van der Waals surface area (Å²) in [5, 5.41) is 3.53. The minimum atomic E-state index is -0.277. The summed E-state index contributed by atoms with van der Waals surface area (Å²) in [5.41, 5.74) is 11.5. The number of unbranched alkanes of at least 4 members (excludes halogenated alkanes) is 1. The predicted molar refractivity (Wildman–Crippen MR) is 114 cm³/mol. The van der Waals surface area contributed by atoms with E-state index in [-0.39, 0.29) is 12.4 Å². The van der Waals surface area contributed by atoms with Gasteiger partial charge in [-0.05, 0) is 67.1 Å². The standard InChI is InChI=1S/C23H23FN4O2/c1-17-5-8-19(22(24)14-17)9-12-23-27-20(16-30-23)15-29-21-10-6-18(7-11-21)4-2-3-13-26-28-25/h5-12,14,16H,2-4,13,15H2,1H3/b12-9+. The summed E-state index contributed by atoms with van der Waals surface area (Å²) in [6.45, 7) is 2.66. The molecule has 0 fully saturated rings. The number of azide groups is 1. The van der Waals surface area contributed by atoms with Crippen LogP contribution >= 0.6 is 0 Å². The van der Waals surface area contributed by atoms with Crippen LogP contribution in [0.15, 0.2) is 58.3 Å². The van der Waals surface area contributed by atoms with E-state index in [1.54, 1.807) is 18.2 Å². The monoisotopic (exact) mass is 406 g/mol. The SMILES string of the molecule is Cc1ccc(/C=C/c2nc(COc3ccc(CCCCN=[N+]=[N-])cc3)co2)c(F)c1. The molecule has 0 spiro atoms. The molecule has 0 amide bonds. The van der Waals surface area contributed by atoms with Gasteiger partial charge in [0, 0.05) is 23.1 Å². The Kier molecular flexibility index (Phi) is 7.64. The molecule has 3 rings (SSSR count). The molecule has 30 heavy (non-hydrogen) atoms. The van der Waals surface area contributed by atoms with Gasteiger partial charge in [-0.2, -0.15) is 0 Å². The molecular formula is C23H23FN4O2. The summed E-state index contributed by atoms with van der Waals surface area (Å²) in [6.07, 6.45) is 7.58. The molecule has 0 aliphatic carbocycles. The number of ether oxygens (including phenoxy) is 1. The number of rotatable bonds is 10. The largest absolute Gasteiger partial charge is 0.487 e. The van der Waals surface area contributed by atoms with Gasteiger partial charge in [0.1, 0.15) is 30.1 Å². The lowest BCUT2D eigenvalue weighted by Crippen LogP contribution is -1.96. The molecule has 0 bridgehead atoms. The van der Waals surface area contributed by atoms with Gasteiger partial charge < -0.3 is 9.15 Å². The van der Waals surface area contributed by atoms with Crippen LogP contribution in [0.4, 0.5) is 4.39 Å².